The number of rotatable bonds is 6. The molecular formula is C12H19NS. The third kappa shape index (κ3) is 3.62. The summed E-state index contributed by atoms with van der Waals surface area (Å²) in [5, 5.41) is 0. The molecule has 0 radical (unpaired) electrons. The summed E-state index contributed by atoms with van der Waals surface area (Å²) in [6.45, 7) is 4.42. The van der Waals surface area contributed by atoms with E-state index in [4.69, 9.17) is 0 Å². The molecule has 0 fully saturated rings. The van der Waals surface area contributed by atoms with Gasteiger partial charge in [0.1, 0.15) is 0 Å². The van der Waals surface area contributed by atoms with Crippen molar-refractivity contribution in [1.29, 1.82) is 0 Å². The first kappa shape index (κ1) is 11.4. The first-order valence-corrected chi connectivity index (χ1v) is 5.92. The Morgan fingerprint density at radius 2 is 1.86 bits per heavy atom. The highest BCUT2D eigenvalue weighted by Gasteiger charge is 2.01. The number of benzene rings is 1. The lowest BCUT2D eigenvalue weighted by atomic mass is 10.2. The Hall–Kier alpha value is -0.630. The fraction of sp³-hybridized carbons (Fsp3) is 0.500. The monoisotopic (exact) mass is 209 g/mol. The van der Waals surface area contributed by atoms with Gasteiger partial charge in [0.05, 0.1) is 0 Å². The van der Waals surface area contributed by atoms with E-state index in [1.54, 1.807) is 0 Å². The molecule has 0 aromatic heterocycles. The largest absolute Gasteiger partial charge is 0.372 e. The summed E-state index contributed by atoms with van der Waals surface area (Å²) in [7, 11) is 0. The molecule has 0 aliphatic rings. The Morgan fingerprint density at radius 3 is 2.43 bits per heavy atom. The third-order valence-electron chi connectivity index (χ3n) is 2.34. The average Bonchev–Trinajstić information content (AvgIpc) is 2.26. The van der Waals surface area contributed by atoms with Crippen molar-refractivity contribution in [2.24, 2.45) is 0 Å². The minimum Gasteiger partial charge on any atom is -0.372 e. The second-order valence-electron chi connectivity index (χ2n) is 3.35. The maximum Gasteiger partial charge on any atom is 0.0366 e. The topological polar surface area (TPSA) is 3.24 Å². The Balaban J connectivity index is 2.46. The van der Waals surface area contributed by atoms with E-state index in [0.717, 1.165) is 18.8 Å². The van der Waals surface area contributed by atoms with E-state index in [-0.39, 0.29) is 0 Å². The van der Waals surface area contributed by atoms with Crippen molar-refractivity contribution in [2.45, 2.75) is 19.8 Å². The quantitative estimate of drug-likeness (QED) is 0.556. The molecule has 0 saturated heterocycles. The lowest BCUT2D eigenvalue weighted by Crippen LogP contribution is -2.23. The molecule has 1 aromatic carbocycles. The van der Waals surface area contributed by atoms with E-state index in [2.05, 4.69) is 54.8 Å². The summed E-state index contributed by atoms with van der Waals surface area (Å²) in [5.74, 6) is 0.992. The second-order valence-corrected chi connectivity index (χ2v) is 3.79. The maximum absolute atomic E-state index is 4.22. The van der Waals surface area contributed by atoms with Gasteiger partial charge in [-0.3, -0.25) is 0 Å². The van der Waals surface area contributed by atoms with Gasteiger partial charge in [0.25, 0.3) is 0 Å². The van der Waals surface area contributed by atoms with E-state index in [0.29, 0.717) is 0 Å². The summed E-state index contributed by atoms with van der Waals surface area (Å²) in [4.78, 5) is 2.41. The van der Waals surface area contributed by atoms with Crippen LogP contribution < -0.4 is 4.90 Å². The van der Waals surface area contributed by atoms with Crippen molar-refractivity contribution in [3.05, 3.63) is 30.3 Å². The van der Waals surface area contributed by atoms with E-state index >= 15 is 0 Å². The molecular weight excluding hydrogens is 190 g/mol. The summed E-state index contributed by atoms with van der Waals surface area (Å²) >= 11 is 4.22. The van der Waals surface area contributed by atoms with Crippen LogP contribution >= 0.6 is 12.6 Å². The fourth-order valence-electron chi connectivity index (χ4n) is 1.52. The summed E-state index contributed by atoms with van der Waals surface area (Å²) in [6.07, 6.45) is 2.43. The van der Waals surface area contributed by atoms with Gasteiger partial charge >= 0.3 is 0 Å². The van der Waals surface area contributed by atoms with Crippen molar-refractivity contribution in [1.82, 2.24) is 0 Å². The smallest absolute Gasteiger partial charge is 0.0366 e. The Bertz CT molecular complexity index is 235. The molecule has 0 bridgehead atoms. The minimum absolute atomic E-state index is 0.992. The lowest BCUT2D eigenvalue weighted by molar-refractivity contribution is 0.737. The van der Waals surface area contributed by atoms with E-state index in [9.17, 15) is 0 Å². The molecule has 2 heteroatoms. The van der Waals surface area contributed by atoms with Crippen LogP contribution in [0.2, 0.25) is 0 Å². The number of thiol groups is 1. The molecule has 1 aromatic rings. The molecule has 0 atom stereocenters. The van der Waals surface area contributed by atoms with Gasteiger partial charge in [-0.2, -0.15) is 12.6 Å². The van der Waals surface area contributed by atoms with Crippen molar-refractivity contribution in [3.63, 3.8) is 0 Å². The van der Waals surface area contributed by atoms with Gasteiger partial charge < -0.3 is 4.90 Å². The lowest BCUT2D eigenvalue weighted by Gasteiger charge is -2.22. The Kier molecular flexibility index (Phi) is 5.53. The summed E-state index contributed by atoms with van der Waals surface area (Å²) < 4.78 is 0. The van der Waals surface area contributed by atoms with Gasteiger partial charge in [-0.05, 0) is 37.7 Å². The summed E-state index contributed by atoms with van der Waals surface area (Å²) in [6, 6.07) is 10.6. The second kappa shape index (κ2) is 6.77. The van der Waals surface area contributed by atoms with Crippen molar-refractivity contribution < 1.29 is 0 Å². The van der Waals surface area contributed by atoms with Crippen LogP contribution in [0, 0.1) is 0 Å². The highest BCUT2D eigenvalue weighted by atomic mass is 32.1. The van der Waals surface area contributed by atoms with Crippen LogP contribution in [-0.4, -0.2) is 18.8 Å². The zero-order valence-corrected chi connectivity index (χ0v) is 9.71. The van der Waals surface area contributed by atoms with Crippen molar-refractivity contribution >= 4 is 18.3 Å². The third-order valence-corrected chi connectivity index (χ3v) is 2.66. The van der Waals surface area contributed by atoms with E-state index < -0.39 is 0 Å². The van der Waals surface area contributed by atoms with Gasteiger partial charge in [0.15, 0.2) is 0 Å². The molecule has 0 heterocycles. The zero-order chi connectivity index (χ0) is 10.2. The summed E-state index contributed by atoms with van der Waals surface area (Å²) in [5.41, 5.74) is 1.33. The molecule has 0 amide bonds. The Labute approximate surface area is 92.5 Å². The molecule has 0 spiro atoms. The van der Waals surface area contributed by atoms with Crippen LogP contribution in [0.4, 0.5) is 5.69 Å². The highest BCUT2D eigenvalue weighted by molar-refractivity contribution is 7.80. The molecule has 0 aliphatic heterocycles. The average molecular weight is 209 g/mol. The number of unbranched alkanes of at least 4 members (excludes halogenated alkanes) is 1. The SMILES string of the molecule is CCN(CCCCS)c1ccccc1. The van der Waals surface area contributed by atoms with Crippen LogP contribution in [0.5, 0.6) is 0 Å². The van der Waals surface area contributed by atoms with Gasteiger partial charge in [0, 0.05) is 18.8 Å². The Morgan fingerprint density at radius 1 is 1.14 bits per heavy atom. The molecule has 1 rings (SSSR count). The van der Waals surface area contributed by atoms with Gasteiger partial charge in [-0.25, -0.2) is 0 Å². The van der Waals surface area contributed by atoms with Crippen molar-refractivity contribution in [2.75, 3.05) is 23.7 Å². The number of nitrogens with zero attached hydrogens (tertiary/aromatic N) is 1. The number of hydrogen-bond donors (Lipinski definition) is 1. The van der Waals surface area contributed by atoms with E-state index in [1.165, 1.54) is 18.5 Å². The molecule has 78 valence electrons. The van der Waals surface area contributed by atoms with E-state index in [1.807, 2.05) is 0 Å². The number of anilines is 1. The molecule has 14 heavy (non-hydrogen) atoms. The predicted molar refractivity (Wildman–Crippen MR) is 67.4 cm³/mol. The van der Waals surface area contributed by atoms with Crippen LogP contribution in [0.1, 0.15) is 19.8 Å². The van der Waals surface area contributed by atoms with Gasteiger partial charge in [-0.1, -0.05) is 18.2 Å². The normalized spacial score (nSPS) is 10.1. The predicted octanol–water partition coefficient (Wildman–Crippen LogP) is 3.22. The van der Waals surface area contributed by atoms with Gasteiger partial charge in [-0.15, -0.1) is 0 Å². The molecule has 0 unspecified atom stereocenters. The van der Waals surface area contributed by atoms with Crippen LogP contribution in [-0.2, 0) is 0 Å². The zero-order valence-electron chi connectivity index (χ0n) is 8.82. The van der Waals surface area contributed by atoms with Crippen molar-refractivity contribution in [3.8, 4) is 0 Å². The maximum atomic E-state index is 4.22. The van der Waals surface area contributed by atoms with Gasteiger partial charge in [0.2, 0.25) is 0 Å². The van der Waals surface area contributed by atoms with Crippen LogP contribution in [0.15, 0.2) is 30.3 Å². The highest BCUT2D eigenvalue weighted by Crippen LogP contribution is 2.13. The standard InChI is InChI=1S/C12H19NS/c1-2-13(10-6-7-11-14)12-8-4-3-5-9-12/h3-5,8-9,14H,2,6-7,10-11H2,1H3. The molecule has 0 N–H and O–H groups in total. The molecule has 0 saturated carbocycles. The van der Waals surface area contributed by atoms with Crippen LogP contribution in [0.3, 0.4) is 0 Å². The molecule has 1 nitrogen and oxygen atoms in total. The number of para-hydroxylation sites is 1. The fourth-order valence-corrected chi connectivity index (χ4v) is 1.75. The molecule has 0 aliphatic carbocycles. The first-order valence-electron chi connectivity index (χ1n) is 5.29. The van der Waals surface area contributed by atoms with Crippen LogP contribution in [0.25, 0.3) is 0 Å². The minimum atomic E-state index is 0.992. The first-order chi connectivity index (χ1) is 6.88. The number of hydrogen-bond acceptors (Lipinski definition) is 2.